The number of hydrogen-bond acceptors (Lipinski definition) is 4. The molecule has 1 rings (SSSR count). The van der Waals surface area contributed by atoms with Gasteiger partial charge in [0.25, 0.3) is 0 Å². The van der Waals surface area contributed by atoms with Gasteiger partial charge in [-0.15, -0.1) is 0 Å². The quantitative estimate of drug-likeness (QED) is 0.668. The highest BCUT2D eigenvalue weighted by atomic mass is 16.5. The first kappa shape index (κ1) is 18.7. The fourth-order valence-electron chi connectivity index (χ4n) is 2.10. The van der Waals surface area contributed by atoms with Crippen molar-refractivity contribution in [3.05, 3.63) is 35.9 Å². The number of nitrogens with zero attached hydrogens (tertiary/aromatic N) is 1. The van der Waals surface area contributed by atoms with Crippen molar-refractivity contribution in [2.45, 2.75) is 39.2 Å². The molecule has 0 bridgehead atoms. The molecule has 1 aromatic rings. The summed E-state index contributed by atoms with van der Waals surface area (Å²) in [5.41, 5.74) is 0.961. The van der Waals surface area contributed by atoms with Gasteiger partial charge in [0.05, 0.1) is 13.0 Å². The third-order valence-corrected chi connectivity index (χ3v) is 3.24. The van der Waals surface area contributed by atoms with Crippen LogP contribution in [0.4, 0.5) is 0 Å². The molecule has 0 saturated heterocycles. The van der Waals surface area contributed by atoms with Crippen LogP contribution in [-0.4, -0.2) is 41.0 Å². The standard InChI is InChI=1S/C17H23NO5/c1-2-23-17(22)11-12-18(13-14-7-4-3-5-8-14)15(19)9-6-10-16(20)21/h3-5,7-8H,2,6,9-13H2,1H3,(H,20,21). The number of rotatable bonds is 10. The zero-order valence-corrected chi connectivity index (χ0v) is 13.4. The van der Waals surface area contributed by atoms with Crippen molar-refractivity contribution in [1.82, 2.24) is 4.90 Å². The van der Waals surface area contributed by atoms with Crippen LogP contribution in [-0.2, 0) is 25.7 Å². The van der Waals surface area contributed by atoms with Crippen LogP contribution < -0.4 is 0 Å². The van der Waals surface area contributed by atoms with E-state index in [1.165, 1.54) is 0 Å². The van der Waals surface area contributed by atoms with Crippen LogP contribution in [0.3, 0.4) is 0 Å². The van der Waals surface area contributed by atoms with E-state index in [4.69, 9.17) is 9.84 Å². The summed E-state index contributed by atoms with van der Waals surface area (Å²) in [5.74, 6) is -1.41. The molecule has 1 amide bonds. The highest BCUT2D eigenvalue weighted by molar-refractivity contribution is 5.78. The van der Waals surface area contributed by atoms with Crippen molar-refractivity contribution >= 4 is 17.8 Å². The summed E-state index contributed by atoms with van der Waals surface area (Å²) in [5, 5.41) is 8.65. The predicted molar refractivity (Wildman–Crippen MR) is 84.6 cm³/mol. The molecule has 126 valence electrons. The molecule has 1 aromatic carbocycles. The van der Waals surface area contributed by atoms with Crippen molar-refractivity contribution in [3.63, 3.8) is 0 Å². The molecule has 0 aliphatic rings. The van der Waals surface area contributed by atoms with Gasteiger partial charge in [-0.2, -0.15) is 0 Å². The second kappa shape index (κ2) is 10.4. The number of carboxylic acids is 1. The Morgan fingerprint density at radius 1 is 1.09 bits per heavy atom. The molecule has 0 aromatic heterocycles. The highest BCUT2D eigenvalue weighted by Gasteiger charge is 2.16. The molecule has 23 heavy (non-hydrogen) atoms. The largest absolute Gasteiger partial charge is 0.481 e. The maximum absolute atomic E-state index is 12.3. The first-order valence-electron chi connectivity index (χ1n) is 7.72. The van der Waals surface area contributed by atoms with Gasteiger partial charge in [0, 0.05) is 25.9 Å². The second-order valence-corrected chi connectivity index (χ2v) is 5.10. The molecular weight excluding hydrogens is 298 g/mol. The molecule has 0 spiro atoms. The van der Waals surface area contributed by atoms with Crippen molar-refractivity contribution in [2.75, 3.05) is 13.2 Å². The first-order valence-corrected chi connectivity index (χ1v) is 7.72. The maximum Gasteiger partial charge on any atom is 0.307 e. The fourth-order valence-corrected chi connectivity index (χ4v) is 2.10. The molecular formula is C17H23NO5. The summed E-state index contributed by atoms with van der Waals surface area (Å²) in [6.07, 6.45) is 0.537. The number of carboxylic acid groups (broad SMARTS) is 1. The van der Waals surface area contributed by atoms with Crippen LogP contribution in [0.25, 0.3) is 0 Å². The minimum atomic E-state index is -0.918. The average Bonchev–Trinajstić information content (AvgIpc) is 2.52. The lowest BCUT2D eigenvalue weighted by atomic mass is 10.1. The number of hydrogen-bond donors (Lipinski definition) is 1. The average molecular weight is 321 g/mol. The number of carbonyl (C=O) groups excluding carboxylic acids is 2. The fraction of sp³-hybridized carbons (Fsp3) is 0.471. The van der Waals surface area contributed by atoms with E-state index in [1.54, 1.807) is 11.8 Å². The van der Waals surface area contributed by atoms with E-state index < -0.39 is 5.97 Å². The molecule has 0 heterocycles. The van der Waals surface area contributed by atoms with E-state index in [0.717, 1.165) is 5.56 Å². The van der Waals surface area contributed by atoms with Crippen LogP contribution in [0.15, 0.2) is 30.3 Å². The first-order chi connectivity index (χ1) is 11.0. The van der Waals surface area contributed by atoms with Gasteiger partial charge in [-0.05, 0) is 18.9 Å². The third-order valence-electron chi connectivity index (χ3n) is 3.24. The lowest BCUT2D eigenvalue weighted by Crippen LogP contribution is -2.32. The minimum Gasteiger partial charge on any atom is -0.481 e. The Morgan fingerprint density at radius 2 is 1.78 bits per heavy atom. The van der Waals surface area contributed by atoms with Gasteiger partial charge in [0.2, 0.25) is 5.91 Å². The van der Waals surface area contributed by atoms with Crippen molar-refractivity contribution in [3.8, 4) is 0 Å². The Kier molecular flexibility index (Phi) is 8.42. The summed E-state index contributed by atoms with van der Waals surface area (Å²) < 4.78 is 4.88. The van der Waals surface area contributed by atoms with E-state index in [9.17, 15) is 14.4 Å². The van der Waals surface area contributed by atoms with Gasteiger partial charge in [0.1, 0.15) is 0 Å². The van der Waals surface area contributed by atoms with E-state index in [-0.39, 0.29) is 37.7 Å². The predicted octanol–water partition coefficient (Wildman–Crippen LogP) is 2.22. The second-order valence-electron chi connectivity index (χ2n) is 5.10. The van der Waals surface area contributed by atoms with Crippen molar-refractivity contribution < 1.29 is 24.2 Å². The van der Waals surface area contributed by atoms with Crippen LogP contribution in [0.5, 0.6) is 0 Å². The summed E-state index contributed by atoms with van der Waals surface area (Å²) >= 11 is 0. The lowest BCUT2D eigenvalue weighted by molar-refractivity contribution is -0.144. The number of ether oxygens (including phenoxy) is 1. The number of amides is 1. The van der Waals surface area contributed by atoms with Gasteiger partial charge in [0.15, 0.2) is 0 Å². The lowest BCUT2D eigenvalue weighted by Gasteiger charge is -2.22. The molecule has 0 unspecified atom stereocenters. The van der Waals surface area contributed by atoms with Gasteiger partial charge < -0.3 is 14.7 Å². The van der Waals surface area contributed by atoms with E-state index in [0.29, 0.717) is 19.6 Å². The van der Waals surface area contributed by atoms with Gasteiger partial charge in [-0.25, -0.2) is 0 Å². The summed E-state index contributed by atoms with van der Waals surface area (Å²) in [6, 6.07) is 9.46. The van der Waals surface area contributed by atoms with Crippen LogP contribution >= 0.6 is 0 Å². The molecule has 1 N–H and O–H groups in total. The SMILES string of the molecule is CCOC(=O)CCN(Cc1ccccc1)C(=O)CCCC(=O)O. The monoisotopic (exact) mass is 321 g/mol. The molecule has 6 heteroatoms. The zero-order chi connectivity index (χ0) is 17.1. The van der Waals surface area contributed by atoms with Crippen LogP contribution in [0, 0.1) is 0 Å². The highest BCUT2D eigenvalue weighted by Crippen LogP contribution is 2.09. The van der Waals surface area contributed by atoms with E-state index >= 15 is 0 Å². The molecule has 0 saturated carbocycles. The van der Waals surface area contributed by atoms with Crippen molar-refractivity contribution in [1.29, 1.82) is 0 Å². The smallest absolute Gasteiger partial charge is 0.307 e. The van der Waals surface area contributed by atoms with Crippen LogP contribution in [0.1, 0.15) is 38.2 Å². The molecule has 0 aliphatic carbocycles. The Labute approximate surface area is 136 Å². The summed E-state index contributed by atoms with van der Waals surface area (Å²) in [6.45, 7) is 2.70. The normalized spacial score (nSPS) is 10.1. The van der Waals surface area contributed by atoms with Gasteiger partial charge in [-0.3, -0.25) is 14.4 Å². The van der Waals surface area contributed by atoms with Gasteiger partial charge >= 0.3 is 11.9 Å². The molecule has 0 aliphatic heterocycles. The van der Waals surface area contributed by atoms with E-state index in [1.807, 2.05) is 30.3 Å². The third kappa shape index (κ3) is 7.99. The number of carbonyl (C=O) groups is 3. The maximum atomic E-state index is 12.3. The number of aliphatic carboxylic acids is 1. The number of esters is 1. The molecule has 6 nitrogen and oxygen atoms in total. The molecule has 0 radical (unpaired) electrons. The van der Waals surface area contributed by atoms with Crippen molar-refractivity contribution in [2.24, 2.45) is 0 Å². The number of benzene rings is 1. The van der Waals surface area contributed by atoms with E-state index in [2.05, 4.69) is 0 Å². The zero-order valence-electron chi connectivity index (χ0n) is 13.4. The molecule has 0 fully saturated rings. The van der Waals surface area contributed by atoms with Crippen LogP contribution in [0.2, 0.25) is 0 Å². The Morgan fingerprint density at radius 3 is 2.39 bits per heavy atom. The Bertz CT molecular complexity index is 515. The minimum absolute atomic E-state index is 0.0389. The molecule has 0 atom stereocenters. The Balaban J connectivity index is 2.61. The van der Waals surface area contributed by atoms with Gasteiger partial charge in [-0.1, -0.05) is 30.3 Å². The topological polar surface area (TPSA) is 83.9 Å². The summed E-state index contributed by atoms with van der Waals surface area (Å²) in [7, 11) is 0. The summed E-state index contributed by atoms with van der Waals surface area (Å²) in [4.78, 5) is 35.9. The Hall–Kier alpha value is -2.37.